The van der Waals surface area contributed by atoms with Crippen LogP contribution in [-0.2, 0) is 11.2 Å². The smallest absolute Gasteiger partial charge is 0.138 e. The number of carbonyl (C=O) groups excluding carboxylic acids is 1. The Balaban J connectivity index is 2.18. The van der Waals surface area contributed by atoms with Crippen molar-refractivity contribution in [2.45, 2.75) is 58.8 Å². The summed E-state index contributed by atoms with van der Waals surface area (Å²) in [5.41, 5.74) is 2.04. The van der Waals surface area contributed by atoms with Gasteiger partial charge in [-0.3, -0.25) is 9.78 Å². The molecule has 0 fully saturated rings. The first-order valence-electron chi connectivity index (χ1n) is 6.65. The zero-order valence-corrected chi connectivity index (χ0v) is 11.0. The van der Waals surface area contributed by atoms with Crippen molar-refractivity contribution in [1.29, 1.82) is 0 Å². The molecule has 0 amide bonds. The van der Waals surface area contributed by atoms with E-state index in [4.69, 9.17) is 0 Å². The maximum absolute atomic E-state index is 11.7. The van der Waals surface area contributed by atoms with Crippen molar-refractivity contribution in [3.63, 3.8) is 0 Å². The first kappa shape index (κ1) is 13.9. The van der Waals surface area contributed by atoms with Gasteiger partial charge in [-0.25, -0.2) is 0 Å². The molecule has 94 valence electrons. The van der Waals surface area contributed by atoms with Crippen LogP contribution in [0.1, 0.15) is 56.7 Å². The van der Waals surface area contributed by atoms with Crippen molar-refractivity contribution in [3.8, 4) is 0 Å². The molecule has 17 heavy (non-hydrogen) atoms. The molecule has 0 radical (unpaired) electrons. The summed E-state index contributed by atoms with van der Waals surface area (Å²) >= 11 is 0. The van der Waals surface area contributed by atoms with Crippen LogP contribution in [0.2, 0.25) is 0 Å². The Labute approximate surface area is 104 Å². The molecule has 0 unspecified atom stereocenters. The Bertz CT molecular complexity index is 329. The maximum Gasteiger partial charge on any atom is 0.138 e. The van der Waals surface area contributed by atoms with Crippen LogP contribution in [0.3, 0.4) is 0 Å². The summed E-state index contributed by atoms with van der Waals surface area (Å²) in [6.07, 6.45) is 9.03. The van der Waals surface area contributed by atoms with E-state index in [1.807, 2.05) is 25.3 Å². The Morgan fingerprint density at radius 1 is 1.18 bits per heavy atom. The monoisotopic (exact) mass is 233 g/mol. The summed E-state index contributed by atoms with van der Waals surface area (Å²) < 4.78 is 0. The van der Waals surface area contributed by atoms with Gasteiger partial charge in [0.25, 0.3) is 0 Å². The molecule has 0 aliphatic carbocycles. The lowest BCUT2D eigenvalue weighted by molar-refractivity contribution is -0.118. The van der Waals surface area contributed by atoms with Gasteiger partial charge in [-0.15, -0.1) is 0 Å². The number of carbonyl (C=O) groups is 1. The first-order valence-corrected chi connectivity index (χ1v) is 6.65. The van der Waals surface area contributed by atoms with E-state index in [-0.39, 0.29) is 0 Å². The van der Waals surface area contributed by atoms with Crippen LogP contribution in [0.15, 0.2) is 18.3 Å². The number of rotatable bonds is 8. The average molecular weight is 233 g/mol. The minimum absolute atomic E-state index is 0.317. The lowest BCUT2D eigenvalue weighted by atomic mass is 10.1. The van der Waals surface area contributed by atoms with E-state index in [1.54, 1.807) is 0 Å². The lowest BCUT2D eigenvalue weighted by Gasteiger charge is -2.01. The van der Waals surface area contributed by atoms with Crippen LogP contribution in [0.25, 0.3) is 0 Å². The molecule has 1 heterocycles. The lowest BCUT2D eigenvalue weighted by Crippen LogP contribution is -2.04. The van der Waals surface area contributed by atoms with Crippen LogP contribution >= 0.6 is 0 Å². The molecule has 0 saturated heterocycles. The first-order chi connectivity index (χ1) is 8.22. The number of nitrogens with zero attached hydrogens (tertiary/aromatic N) is 1. The van der Waals surface area contributed by atoms with Crippen molar-refractivity contribution >= 4 is 5.78 Å². The number of unbranched alkanes of at least 4 members (excludes halogenated alkanes) is 4. The van der Waals surface area contributed by atoms with Crippen LogP contribution in [-0.4, -0.2) is 10.8 Å². The fourth-order valence-corrected chi connectivity index (χ4v) is 1.82. The van der Waals surface area contributed by atoms with E-state index >= 15 is 0 Å². The van der Waals surface area contributed by atoms with E-state index in [2.05, 4.69) is 11.9 Å². The van der Waals surface area contributed by atoms with Crippen molar-refractivity contribution in [3.05, 3.63) is 29.6 Å². The predicted octanol–water partition coefficient (Wildman–Crippen LogP) is 3.86. The quantitative estimate of drug-likeness (QED) is 0.638. The molecule has 0 aromatic carbocycles. The van der Waals surface area contributed by atoms with Gasteiger partial charge < -0.3 is 0 Å². The number of aromatic nitrogens is 1. The SMILES string of the molecule is CCCCCCCC(=O)Cc1ccc(C)cn1. The number of pyridine rings is 1. The largest absolute Gasteiger partial charge is 0.299 e. The molecule has 0 spiro atoms. The molecular weight excluding hydrogens is 210 g/mol. The molecule has 1 rings (SSSR count). The van der Waals surface area contributed by atoms with Gasteiger partial charge in [-0.1, -0.05) is 38.7 Å². The van der Waals surface area contributed by atoms with Crippen molar-refractivity contribution in [2.24, 2.45) is 0 Å². The minimum atomic E-state index is 0.317. The third-order valence-corrected chi connectivity index (χ3v) is 2.91. The fraction of sp³-hybridized carbons (Fsp3) is 0.600. The summed E-state index contributed by atoms with van der Waals surface area (Å²) in [5, 5.41) is 0. The van der Waals surface area contributed by atoms with Gasteiger partial charge >= 0.3 is 0 Å². The highest BCUT2D eigenvalue weighted by atomic mass is 16.1. The Kier molecular flexibility index (Phi) is 6.53. The highest BCUT2D eigenvalue weighted by molar-refractivity contribution is 5.80. The van der Waals surface area contributed by atoms with E-state index in [0.717, 1.165) is 17.7 Å². The second-order valence-electron chi connectivity index (χ2n) is 4.71. The highest BCUT2D eigenvalue weighted by Gasteiger charge is 2.04. The third kappa shape index (κ3) is 6.20. The van der Waals surface area contributed by atoms with Gasteiger partial charge in [-0.2, -0.15) is 0 Å². The van der Waals surface area contributed by atoms with E-state index in [1.165, 1.54) is 25.7 Å². The molecule has 0 saturated carbocycles. The molecule has 0 aliphatic rings. The van der Waals surface area contributed by atoms with Crippen LogP contribution in [0.5, 0.6) is 0 Å². The zero-order valence-electron chi connectivity index (χ0n) is 11.0. The summed E-state index contributed by atoms with van der Waals surface area (Å²) in [5.74, 6) is 0.317. The molecule has 2 heteroatoms. The second-order valence-corrected chi connectivity index (χ2v) is 4.71. The van der Waals surface area contributed by atoms with Gasteiger partial charge in [-0.05, 0) is 25.0 Å². The molecule has 1 aromatic rings. The van der Waals surface area contributed by atoms with Gasteiger partial charge in [0, 0.05) is 24.7 Å². The van der Waals surface area contributed by atoms with Crippen molar-refractivity contribution in [2.75, 3.05) is 0 Å². The Morgan fingerprint density at radius 3 is 2.59 bits per heavy atom. The zero-order chi connectivity index (χ0) is 12.5. The average Bonchev–Trinajstić information content (AvgIpc) is 2.32. The van der Waals surface area contributed by atoms with Gasteiger partial charge in [0.15, 0.2) is 0 Å². The highest BCUT2D eigenvalue weighted by Crippen LogP contribution is 2.07. The predicted molar refractivity (Wildman–Crippen MR) is 71.1 cm³/mol. The summed E-state index contributed by atoms with van der Waals surface area (Å²) in [6.45, 7) is 4.21. The standard InChI is InChI=1S/C15H23NO/c1-3-4-5-6-7-8-15(17)11-14-10-9-13(2)12-16-14/h9-10,12H,3-8,11H2,1-2H3. The maximum atomic E-state index is 11.7. The number of Topliss-reactive ketones (excluding diaryl/α,β-unsaturated/α-hetero) is 1. The van der Waals surface area contributed by atoms with E-state index in [9.17, 15) is 4.79 Å². The van der Waals surface area contributed by atoms with Crippen LogP contribution < -0.4 is 0 Å². The van der Waals surface area contributed by atoms with E-state index < -0.39 is 0 Å². The van der Waals surface area contributed by atoms with Crippen LogP contribution in [0, 0.1) is 6.92 Å². The minimum Gasteiger partial charge on any atom is -0.299 e. The summed E-state index contributed by atoms with van der Waals surface area (Å²) in [4.78, 5) is 15.9. The third-order valence-electron chi connectivity index (χ3n) is 2.91. The number of hydrogen-bond acceptors (Lipinski definition) is 2. The number of aryl methyl sites for hydroxylation is 1. The topological polar surface area (TPSA) is 30.0 Å². The van der Waals surface area contributed by atoms with Crippen LogP contribution in [0.4, 0.5) is 0 Å². The second kappa shape index (κ2) is 7.99. The number of ketones is 1. The van der Waals surface area contributed by atoms with Crippen molar-refractivity contribution in [1.82, 2.24) is 4.98 Å². The Hall–Kier alpha value is -1.18. The molecule has 0 atom stereocenters. The molecule has 2 nitrogen and oxygen atoms in total. The fourth-order valence-electron chi connectivity index (χ4n) is 1.82. The molecule has 1 aromatic heterocycles. The summed E-state index contributed by atoms with van der Waals surface area (Å²) in [6, 6.07) is 3.96. The van der Waals surface area contributed by atoms with E-state index in [0.29, 0.717) is 18.6 Å². The molecular formula is C15H23NO. The summed E-state index contributed by atoms with van der Waals surface area (Å²) in [7, 11) is 0. The number of hydrogen-bond donors (Lipinski definition) is 0. The normalized spacial score (nSPS) is 10.5. The van der Waals surface area contributed by atoms with Gasteiger partial charge in [0.2, 0.25) is 0 Å². The molecule has 0 N–H and O–H groups in total. The molecule has 0 aliphatic heterocycles. The van der Waals surface area contributed by atoms with Gasteiger partial charge in [0.1, 0.15) is 5.78 Å². The van der Waals surface area contributed by atoms with Crippen molar-refractivity contribution < 1.29 is 4.79 Å². The Morgan fingerprint density at radius 2 is 1.94 bits per heavy atom. The van der Waals surface area contributed by atoms with Gasteiger partial charge in [0.05, 0.1) is 0 Å². The molecule has 0 bridgehead atoms.